The summed E-state index contributed by atoms with van der Waals surface area (Å²) in [6.45, 7) is 1.55. The Morgan fingerprint density at radius 1 is 1.60 bits per heavy atom. The molecule has 0 fully saturated rings. The Morgan fingerprint density at radius 2 is 2.20 bits per heavy atom. The van der Waals surface area contributed by atoms with E-state index in [-0.39, 0.29) is 5.56 Å². The number of rotatable bonds is 2. The van der Waals surface area contributed by atoms with E-state index in [4.69, 9.17) is 0 Å². The van der Waals surface area contributed by atoms with Gasteiger partial charge in [-0.25, -0.2) is 9.18 Å². The van der Waals surface area contributed by atoms with Crippen LogP contribution in [0, 0.1) is 12.7 Å². The van der Waals surface area contributed by atoms with Gasteiger partial charge in [0.25, 0.3) is 0 Å². The zero-order valence-electron chi connectivity index (χ0n) is 8.25. The normalized spacial score (nSPS) is 12.3. The van der Waals surface area contributed by atoms with Crippen LogP contribution in [0.4, 0.5) is 4.39 Å². The first-order chi connectivity index (χ1) is 6.99. The summed E-state index contributed by atoms with van der Waals surface area (Å²) in [6.07, 6.45) is -1.58. The first-order valence-electron chi connectivity index (χ1n) is 4.19. The molecule has 0 aromatic heterocycles. The van der Waals surface area contributed by atoms with Crippen LogP contribution in [-0.4, -0.2) is 18.2 Å². The Kier molecular flexibility index (Phi) is 3.82. The summed E-state index contributed by atoms with van der Waals surface area (Å²) in [4.78, 5) is 11.0. The predicted molar refractivity (Wildman–Crippen MR) is 55.8 cm³/mol. The van der Waals surface area contributed by atoms with Crippen LogP contribution in [0.15, 0.2) is 16.6 Å². The van der Waals surface area contributed by atoms with Gasteiger partial charge in [-0.05, 0) is 18.6 Å². The van der Waals surface area contributed by atoms with Crippen molar-refractivity contribution in [2.75, 3.05) is 7.11 Å². The van der Waals surface area contributed by atoms with Crippen LogP contribution in [0.3, 0.4) is 0 Å². The minimum Gasteiger partial charge on any atom is -0.467 e. The van der Waals surface area contributed by atoms with Crippen molar-refractivity contribution >= 4 is 21.9 Å². The van der Waals surface area contributed by atoms with Gasteiger partial charge in [0.2, 0.25) is 0 Å². The van der Waals surface area contributed by atoms with Crippen molar-refractivity contribution in [1.29, 1.82) is 0 Å². The molecule has 1 atom stereocenters. The molecule has 15 heavy (non-hydrogen) atoms. The molecule has 0 saturated heterocycles. The average molecular weight is 277 g/mol. The van der Waals surface area contributed by atoms with Crippen LogP contribution in [0.2, 0.25) is 0 Å². The maximum absolute atomic E-state index is 13.6. The maximum atomic E-state index is 13.6. The second-order valence-corrected chi connectivity index (χ2v) is 3.86. The van der Waals surface area contributed by atoms with E-state index < -0.39 is 17.9 Å². The number of aliphatic hydroxyl groups excluding tert-OH is 1. The first kappa shape index (κ1) is 12.1. The van der Waals surface area contributed by atoms with E-state index in [1.807, 2.05) is 0 Å². The smallest absolute Gasteiger partial charge is 0.339 e. The van der Waals surface area contributed by atoms with E-state index in [2.05, 4.69) is 20.7 Å². The van der Waals surface area contributed by atoms with Gasteiger partial charge < -0.3 is 9.84 Å². The second kappa shape index (κ2) is 4.72. The van der Waals surface area contributed by atoms with E-state index in [1.165, 1.54) is 6.07 Å². The molecule has 0 spiro atoms. The number of benzene rings is 1. The first-order valence-corrected chi connectivity index (χ1v) is 4.98. The fourth-order valence-corrected chi connectivity index (χ4v) is 1.44. The van der Waals surface area contributed by atoms with Gasteiger partial charge in [0.1, 0.15) is 5.82 Å². The van der Waals surface area contributed by atoms with Crippen molar-refractivity contribution in [2.45, 2.75) is 13.0 Å². The number of methoxy groups -OCH3 is 1. The Morgan fingerprint density at radius 3 is 2.73 bits per heavy atom. The van der Waals surface area contributed by atoms with Gasteiger partial charge in [0.05, 0.1) is 7.11 Å². The number of carbonyl (C=O) groups excluding carboxylic acids is 1. The van der Waals surface area contributed by atoms with Gasteiger partial charge in [-0.2, -0.15) is 0 Å². The summed E-state index contributed by atoms with van der Waals surface area (Å²) in [7, 11) is 1.13. The lowest BCUT2D eigenvalue weighted by atomic mass is 10.1. The number of esters is 1. The van der Waals surface area contributed by atoms with Crippen molar-refractivity contribution in [3.8, 4) is 0 Å². The molecule has 3 nitrogen and oxygen atoms in total. The van der Waals surface area contributed by atoms with Crippen molar-refractivity contribution in [3.63, 3.8) is 0 Å². The zero-order chi connectivity index (χ0) is 11.6. The highest BCUT2D eigenvalue weighted by atomic mass is 79.9. The Balaban J connectivity index is 3.16. The monoisotopic (exact) mass is 276 g/mol. The van der Waals surface area contributed by atoms with Gasteiger partial charge in [-0.3, -0.25) is 0 Å². The van der Waals surface area contributed by atoms with Crippen molar-refractivity contribution < 1.29 is 19.0 Å². The van der Waals surface area contributed by atoms with Crippen molar-refractivity contribution in [2.24, 2.45) is 0 Å². The molecule has 0 bridgehead atoms. The average Bonchev–Trinajstić information content (AvgIpc) is 2.24. The molecule has 1 aromatic rings. The fraction of sp³-hybridized carbons (Fsp3) is 0.300. The largest absolute Gasteiger partial charge is 0.467 e. The SMILES string of the molecule is COC(=O)C(O)c1ccc(Br)c(C)c1F. The number of carbonyl (C=O) groups is 1. The number of halogens is 2. The van der Waals surface area contributed by atoms with Crippen molar-refractivity contribution in [1.82, 2.24) is 0 Å². The summed E-state index contributed by atoms with van der Waals surface area (Å²) in [5.74, 6) is -1.49. The van der Waals surface area contributed by atoms with E-state index in [0.29, 0.717) is 10.0 Å². The minimum absolute atomic E-state index is 0.0810. The predicted octanol–water partition coefficient (Wildman–Crippen LogP) is 2.10. The molecule has 1 rings (SSSR count). The highest BCUT2D eigenvalue weighted by Gasteiger charge is 2.22. The lowest BCUT2D eigenvalue weighted by Gasteiger charge is -2.11. The molecule has 0 aliphatic carbocycles. The number of hydrogen-bond acceptors (Lipinski definition) is 3. The molecule has 82 valence electrons. The topological polar surface area (TPSA) is 46.5 Å². The minimum atomic E-state index is -1.58. The fourth-order valence-electron chi connectivity index (χ4n) is 1.13. The van der Waals surface area contributed by atoms with E-state index in [1.54, 1.807) is 13.0 Å². The van der Waals surface area contributed by atoms with Gasteiger partial charge in [0, 0.05) is 10.0 Å². The summed E-state index contributed by atoms with van der Waals surface area (Å²) in [6, 6.07) is 2.91. The summed E-state index contributed by atoms with van der Waals surface area (Å²) in [5, 5.41) is 9.46. The molecule has 0 aliphatic heterocycles. The Bertz CT molecular complexity index is 392. The highest BCUT2D eigenvalue weighted by molar-refractivity contribution is 9.10. The number of aliphatic hydroxyl groups is 1. The molecule has 0 amide bonds. The summed E-state index contributed by atoms with van der Waals surface area (Å²) in [5.41, 5.74) is 0.262. The van der Waals surface area contributed by atoms with Gasteiger partial charge in [-0.1, -0.05) is 22.0 Å². The molecule has 0 saturated carbocycles. The van der Waals surface area contributed by atoms with Gasteiger partial charge in [0.15, 0.2) is 6.10 Å². The molecule has 0 aliphatic rings. The molecule has 1 N–H and O–H groups in total. The van der Waals surface area contributed by atoms with Crippen LogP contribution in [0.5, 0.6) is 0 Å². The highest BCUT2D eigenvalue weighted by Crippen LogP contribution is 2.26. The molecular weight excluding hydrogens is 267 g/mol. The van der Waals surface area contributed by atoms with Crippen LogP contribution < -0.4 is 0 Å². The maximum Gasteiger partial charge on any atom is 0.339 e. The molecule has 1 aromatic carbocycles. The van der Waals surface area contributed by atoms with Crippen molar-refractivity contribution in [3.05, 3.63) is 33.5 Å². The molecule has 0 radical (unpaired) electrons. The standard InChI is InChI=1S/C10H10BrFO3/c1-5-7(11)4-3-6(8(5)12)9(13)10(14)15-2/h3-4,9,13H,1-2H3. The van der Waals surface area contributed by atoms with Crippen LogP contribution >= 0.6 is 15.9 Å². The molecule has 5 heteroatoms. The third-order valence-corrected chi connectivity index (χ3v) is 2.93. The third-order valence-electron chi connectivity index (χ3n) is 2.07. The second-order valence-electron chi connectivity index (χ2n) is 3.00. The molecular formula is C10H10BrFO3. The van der Waals surface area contributed by atoms with Crippen LogP contribution in [-0.2, 0) is 9.53 Å². The van der Waals surface area contributed by atoms with Crippen LogP contribution in [0.25, 0.3) is 0 Å². The van der Waals surface area contributed by atoms with E-state index in [9.17, 15) is 14.3 Å². The Hall–Kier alpha value is -0.940. The summed E-state index contributed by atoms with van der Waals surface area (Å²) < 4.78 is 18.5. The summed E-state index contributed by atoms with van der Waals surface area (Å²) >= 11 is 3.15. The zero-order valence-corrected chi connectivity index (χ0v) is 9.84. The molecule has 1 unspecified atom stereocenters. The third kappa shape index (κ3) is 2.35. The Labute approximate surface area is 95.0 Å². The number of hydrogen-bond donors (Lipinski definition) is 1. The quantitative estimate of drug-likeness (QED) is 0.842. The molecule has 0 heterocycles. The van der Waals surface area contributed by atoms with Crippen LogP contribution in [0.1, 0.15) is 17.2 Å². The lowest BCUT2D eigenvalue weighted by molar-refractivity contribution is -0.150. The van der Waals surface area contributed by atoms with E-state index >= 15 is 0 Å². The van der Waals surface area contributed by atoms with Gasteiger partial charge in [-0.15, -0.1) is 0 Å². The lowest BCUT2D eigenvalue weighted by Crippen LogP contribution is -2.15. The van der Waals surface area contributed by atoms with E-state index in [0.717, 1.165) is 7.11 Å². The number of ether oxygens (including phenoxy) is 1. The van der Waals surface area contributed by atoms with Gasteiger partial charge >= 0.3 is 5.97 Å².